The first-order valence-corrected chi connectivity index (χ1v) is 9.95. The number of hydrogen-bond donors (Lipinski definition) is 0. The Morgan fingerprint density at radius 3 is 1.81 bits per heavy atom. The molecule has 1 heteroatoms. The average Bonchev–Trinajstić information content (AvgIpc) is 2.66. The maximum Gasteiger partial charge on any atom is 0.0237 e. The first-order chi connectivity index (χ1) is 12.5. The van der Waals surface area contributed by atoms with Crippen molar-refractivity contribution in [1.29, 1.82) is 0 Å². The molecule has 0 amide bonds. The molecule has 0 bridgehead atoms. The summed E-state index contributed by atoms with van der Waals surface area (Å²) in [7, 11) is 0. The van der Waals surface area contributed by atoms with Gasteiger partial charge in [-0.25, -0.2) is 0 Å². The summed E-state index contributed by atoms with van der Waals surface area (Å²) in [5.41, 5.74) is 4.51. The zero-order chi connectivity index (χ0) is 18.8. The van der Waals surface area contributed by atoms with E-state index < -0.39 is 0 Å². The van der Waals surface area contributed by atoms with Crippen LogP contribution < -0.4 is 0 Å². The molecule has 2 aromatic carbocycles. The van der Waals surface area contributed by atoms with Gasteiger partial charge in [-0.1, -0.05) is 93.6 Å². The van der Waals surface area contributed by atoms with Crippen LogP contribution in [0.5, 0.6) is 0 Å². The molecule has 0 N–H and O–H groups in total. The van der Waals surface area contributed by atoms with Crippen LogP contribution in [0.1, 0.15) is 57.6 Å². The third kappa shape index (κ3) is 7.58. The van der Waals surface area contributed by atoms with Crippen LogP contribution in [0, 0.1) is 5.41 Å². The van der Waals surface area contributed by atoms with E-state index in [0.717, 1.165) is 32.5 Å². The van der Waals surface area contributed by atoms with Gasteiger partial charge in [0, 0.05) is 13.1 Å². The van der Waals surface area contributed by atoms with Crippen molar-refractivity contribution in [2.24, 2.45) is 5.41 Å². The highest BCUT2D eigenvalue weighted by Crippen LogP contribution is 2.29. The lowest BCUT2D eigenvalue weighted by atomic mass is 9.82. The van der Waals surface area contributed by atoms with Crippen LogP contribution in [0.4, 0.5) is 0 Å². The van der Waals surface area contributed by atoms with Gasteiger partial charge in [0.15, 0.2) is 0 Å². The molecule has 0 fully saturated rings. The van der Waals surface area contributed by atoms with Crippen molar-refractivity contribution >= 4 is 0 Å². The van der Waals surface area contributed by atoms with E-state index in [4.69, 9.17) is 0 Å². The molecule has 0 aliphatic heterocycles. The first kappa shape index (κ1) is 20.5. The third-order valence-corrected chi connectivity index (χ3v) is 5.26. The van der Waals surface area contributed by atoms with Crippen LogP contribution >= 0.6 is 0 Å². The summed E-state index contributed by atoms with van der Waals surface area (Å²) in [6.45, 7) is 14.3. The Hall–Kier alpha value is -1.86. The van der Waals surface area contributed by atoms with Crippen molar-refractivity contribution in [3.8, 4) is 0 Å². The van der Waals surface area contributed by atoms with Crippen LogP contribution in [-0.4, -0.2) is 11.4 Å². The number of rotatable bonds is 11. The summed E-state index contributed by atoms with van der Waals surface area (Å²) in [6, 6.07) is 21.6. The van der Waals surface area contributed by atoms with Gasteiger partial charge < -0.3 is 0 Å². The molecule has 0 spiro atoms. The Morgan fingerprint density at radius 1 is 0.846 bits per heavy atom. The van der Waals surface area contributed by atoms with Crippen LogP contribution in [-0.2, 0) is 13.1 Å². The minimum absolute atomic E-state index is 0.351. The summed E-state index contributed by atoms with van der Waals surface area (Å²) < 4.78 is 0. The molecule has 1 nitrogen and oxygen atoms in total. The maximum atomic E-state index is 4.17. The zero-order valence-electron chi connectivity index (χ0n) is 16.9. The molecule has 0 aromatic heterocycles. The Kier molecular flexibility index (Phi) is 8.12. The van der Waals surface area contributed by atoms with Gasteiger partial charge in [0.1, 0.15) is 0 Å². The van der Waals surface area contributed by atoms with Crippen LogP contribution in [0.25, 0.3) is 0 Å². The molecule has 0 radical (unpaired) electrons. The smallest absolute Gasteiger partial charge is 0.0237 e. The Balaban J connectivity index is 1.97. The highest BCUT2D eigenvalue weighted by Gasteiger charge is 2.19. The largest absolute Gasteiger partial charge is 0.295 e. The monoisotopic (exact) mass is 349 g/mol. The molecule has 2 rings (SSSR count). The average molecular weight is 350 g/mol. The molecule has 0 aliphatic carbocycles. The van der Waals surface area contributed by atoms with Gasteiger partial charge in [0.2, 0.25) is 0 Å². The molecule has 0 heterocycles. The summed E-state index contributed by atoms with van der Waals surface area (Å²) in [4.78, 5) is 2.58. The molecular weight excluding hydrogens is 314 g/mol. The maximum absolute atomic E-state index is 4.17. The molecule has 0 saturated heterocycles. The predicted octanol–water partition coefficient (Wildman–Crippen LogP) is 6.85. The molecule has 0 aliphatic rings. The number of benzene rings is 2. The van der Waals surface area contributed by atoms with E-state index in [0.29, 0.717) is 5.41 Å². The molecule has 140 valence electrons. The summed E-state index contributed by atoms with van der Waals surface area (Å²) in [5.74, 6) is 0. The standard InChI is InChI=1S/C25H35N/c1-5-22(2)16-17-25(3,4)18-19-26(20-23-12-8-6-9-13-23)21-24-14-10-7-11-15-24/h6-15H,2,5,16-21H2,1,3-4H3. The van der Waals surface area contributed by atoms with Gasteiger partial charge in [0.25, 0.3) is 0 Å². The van der Waals surface area contributed by atoms with Crippen LogP contribution in [0.3, 0.4) is 0 Å². The minimum Gasteiger partial charge on any atom is -0.295 e. The van der Waals surface area contributed by atoms with E-state index in [2.05, 4.69) is 92.9 Å². The number of hydrogen-bond acceptors (Lipinski definition) is 1. The van der Waals surface area contributed by atoms with Crippen molar-refractivity contribution < 1.29 is 0 Å². The predicted molar refractivity (Wildman–Crippen MR) is 114 cm³/mol. The highest BCUT2D eigenvalue weighted by molar-refractivity contribution is 5.17. The highest BCUT2D eigenvalue weighted by atomic mass is 15.1. The summed E-state index contributed by atoms with van der Waals surface area (Å²) in [5, 5.41) is 0. The second-order valence-corrected chi connectivity index (χ2v) is 8.20. The number of nitrogens with zero attached hydrogens (tertiary/aromatic N) is 1. The minimum atomic E-state index is 0.351. The normalized spacial score (nSPS) is 11.7. The second kappa shape index (κ2) is 10.3. The van der Waals surface area contributed by atoms with Gasteiger partial charge in [-0.05, 0) is 48.8 Å². The summed E-state index contributed by atoms with van der Waals surface area (Å²) >= 11 is 0. The fraction of sp³-hybridized carbons (Fsp3) is 0.440. The molecule has 0 saturated carbocycles. The van der Waals surface area contributed by atoms with E-state index in [9.17, 15) is 0 Å². The van der Waals surface area contributed by atoms with Crippen molar-refractivity contribution in [2.75, 3.05) is 6.54 Å². The fourth-order valence-electron chi connectivity index (χ4n) is 3.17. The van der Waals surface area contributed by atoms with Crippen molar-refractivity contribution in [3.05, 3.63) is 83.9 Å². The molecule has 0 atom stereocenters. The lowest BCUT2D eigenvalue weighted by Crippen LogP contribution is -2.28. The topological polar surface area (TPSA) is 3.24 Å². The lowest BCUT2D eigenvalue weighted by molar-refractivity contribution is 0.196. The third-order valence-electron chi connectivity index (χ3n) is 5.26. The van der Waals surface area contributed by atoms with Gasteiger partial charge in [-0.15, -0.1) is 0 Å². The van der Waals surface area contributed by atoms with Crippen LogP contribution in [0.2, 0.25) is 0 Å². The van der Waals surface area contributed by atoms with E-state index in [1.54, 1.807) is 0 Å². The van der Waals surface area contributed by atoms with Gasteiger partial charge >= 0.3 is 0 Å². The Labute approximate surface area is 160 Å². The molecular formula is C25H35N. The molecule has 0 unspecified atom stereocenters. The van der Waals surface area contributed by atoms with Crippen molar-refractivity contribution in [1.82, 2.24) is 4.90 Å². The zero-order valence-corrected chi connectivity index (χ0v) is 16.9. The van der Waals surface area contributed by atoms with Crippen LogP contribution in [0.15, 0.2) is 72.8 Å². The quantitative estimate of drug-likeness (QED) is 0.401. The number of allylic oxidation sites excluding steroid dienone is 1. The van der Waals surface area contributed by atoms with Crippen molar-refractivity contribution in [2.45, 2.75) is 59.5 Å². The first-order valence-electron chi connectivity index (χ1n) is 9.95. The fourth-order valence-corrected chi connectivity index (χ4v) is 3.17. The van der Waals surface area contributed by atoms with E-state index in [-0.39, 0.29) is 0 Å². The van der Waals surface area contributed by atoms with Gasteiger partial charge in [0.05, 0.1) is 0 Å². The summed E-state index contributed by atoms with van der Waals surface area (Å²) in [6.07, 6.45) is 4.69. The Morgan fingerprint density at radius 2 is 1.35 bits per heavy atom. The SMILES string of the molecule is C=C(CC)CCC(C)(C)CCN(Cc1ccccc1)Cc1ccccc1. The van der Waals surface area contributed by atoms with E-state index >= 15 is 0 Å². The van der Waals surface area contributed by atoms with E-state index in [1.807, 2.05) is 0 Å². The van der Waals surface area contributed by atoms with Gasteiger partial charge in [-0.3, -0.25) is 4.90 Å². The molecule has 2 aromatic rings. The lowest BCUT2D eigenvalue weighted by Gasteiger charge is -2.30. The van der Waals surface area contributed by atoms with Gasteiger partial charge in [-0.2, -0.15) is 0 Å². The molecule has 26 heavy (non-hydrogen) atoms. The Bertz CT molecular complexity index is 601. The second-order valence-electron chi connectivity index (χ2n) is 8.20. The van der Waals surface area contributed by atoms with E-state index in [1.165, 1.54) is 29.5 Å². The van der Waals surface area contributed by atoms with Crippen molar-refractivity contribution in [3.63, 3.8) is 0 Å².